The molecule has 6 nitrogen and oxygen atoms in total. The second-order valence-electron chi connectivity index (χ2n) is 4.95. The Bertz CT molecular complexity index is 470. The Balaban J connectivity index is 2.48. The van der Waals surface area contributed by atoms with E-state index < -0.39 is 34.8 Å². The molecule has 0 unspecified atom stereocenters. The fraction of sp³-hybridized carbons (Fsp3) is 0.643. The number of carbonyl (C=O) groups is 3. The van der Waals surface area contributed by atoms with Crippen LogP contribution >= 0.6 is 0 Å². The van der Waals surface area contributed by atoms with Crippen LogP contribution in [0.25, 0.3) is 0 Å². The molecule has 0 aromatic heterocycles. The number of Topliss-reactive ketones (excluding diaryl/α,β-unsaturated/α-hetero) is 1. The lowest BCUT2D eigenvalue weighted by molar-refractivity contribution is -0.192. The number of hydrogen-bond donors (Lipinski definition) is 0. The molecule has 0 aliphatic heterocycles. The Labute approximate surface area is 117 Å². The number of esters is 1. The number of ketones is 1. The standard InChI is InChI=1S/C14H18O6/c1-4-20-11(16)10-7-9-5-6-13(10,18-2)12(17)14(9,8-15)19-3/h5-6,8-10H,4,7H2,1-3H3/t9-,10-,13-,14+/m1/s1. The summed E-state index contributed by atoms with van der Waals surface area (Å²) in [6.45, 7) is 1.92. The van der Waals surface area contributed by atoms with Crippen LogP contribution in [0.2, 0.25) is 0 Å². The maximum atomic E-state index is 12.7. The molecule has 0 amide bonds. The number of carbonyl (C=O) groups excluding carboxylic acids is 3. The van der Waals surface area contributed by atoms with Crippen LogP contribution in [0.4, 0.5) is 0 Å². The van der Waals surface area contributed by atoms with Crippen molar-refractivity contribution in [1.82, 2.24) is 0 Å². The minimum atomic E-state index is -1.58. The van der Waals surface area contributed by atoms with Gasteiger partial charge in [-0.25, -0.2) is 0 Å². The second kappa shape index (κ2) is 5.10. The first-order valence-corrected chi connectivity index (χ1v) is 6.50. The van der Waals surface area contributed by atoms with E-state index in [1.165, 1.54) is 14.2 Å². The van der Waals surface area contributed by atoms with Gasteiger partial charge in [0.15, 0.2) is 17.5 Å². The fourth-order valence-corrected chi connectivity index (χ4v) is 3.16. The Morgan fingerprint density at radius 1 is 1.45 bits per heavy atom. The third-order valence-electron chi connectivity index (χ3n) is 4.27. The molecule has 0 saturated heterocycles. The fourth-order valence-electron chi connectivity index (χ4n) is 3.16. The van der Waals surface area contributed by atoms with E-state index in [0.717, 1.165) is 0 Å². The number of hydrogen-bond acceptors (Lipinski definition) is 6. The molecule has 0 heterocycles. The molecule has 0 radical (unpaired) electrons. The summed E-state index contributed by atoms with van der Waals surface area (Å²) in [6, 6.07) is 0. The molecule has 0 aromatic carbocycles. The Kier molecular flexibility index (Phi) is 3.80. The van der Waals surface area contributed by atoms with Gasteiger partial charge in [-0.1, -0.05) is 6.08 Å². The first-order chi connectivity index (χ1) is 9.52. The summed E-state index contributed by atoms with van der Waals surface area (Å²) in [5.41, 5.74) is -3.06. The van der Waals surface area contributed by atoms with Crippen molar-refractivity contribution in [3.05, 3.63) is 12.2 Å². The minimum Gasteiger partial charge on any atom is -0.466 e. The highest BCUT2D eigenvalue weighted by atomic mass is 16.5. The van der Waals surface area contributed by atoms with E-state index in [1.54, 1.807) is 19.1 Å². The summed E-state index contributed by atoms with van der Waals surface area (Å²) in [4.78, 5) is 36.2. The molecular weight excluding hydrogens is 264 g/mol. The highest BCUT2D eigenvalue weighted by molar-refractivity contribution is 6.12. The van der Waals surface area contributed by atoms with Gasteiger partial charge in [-0.3, -0.25) is 14.4 Å². The van der Waals surface area contributed by atoms with Gasteiger partial charge in [0, 0.05) is 20.1 Å². The van der Waals surface area contributed by atoms with E-state index in [2.05, 4.69) is 0 Å². The van der Waals surface area contributed by atoms with Crippen LogP contribution in [-0.4, -0.2) is 50.1 Å². The van der Waals surface area contributed by atoms with E-state index in [4.69, 9.17) is 14.2 Å². The van der Waals surface area contributed by atoms with Crippen LogP contribution in [0.5, 0.6) is 0 Å². The van der Waals surface area contributed by atoms with Crippen LogP contribution in [0, 0.1) is 11.8 Å². The van der Waals surface area contributed by atoms with Crippen molar-refractivity contribution in [3.63, 3.8) is 0 Å². The summed E-state index contributed by atoms with van der Waals surface area (Å²) in [7, 11) is 2.65. The van der Waals surface area contributed by atoms with Crippen LogP contribution in [0.1, 0.15) is 13.3 Å². The van der Waals surface area contributed by atoms with E-state index in [0.29, 0.717) is 6.29 Å². The Hall–Kier alpha value is -1.53. The lowest BCUT2D eigenvalue weighted by Gasteiger charge is -2.51. The number of rotatable bonds is 5. The average molecular weight is 282 g/mol. The van der Waals surface area contributed by atoms with Gasteiger partial charge in [-0.05, 0) is 19.4 Å². The zero-order chi connectivity index (χ0) is 15.0. The van der Waals surface area contributed by atoms with Gasteiger partial charge in [0.25, 0.3) is 0 Å². The summed E-state index contributed by atoms with van der Waals surface area (Å²) < 4.78 is 15.5. The van der Waals surface area contributed by atoms with Crippen LogP contribution < -0.4 is 0 Å². The Morgan fingerprint density at radius 3 is 2.65 bits per heavy atom. The average Bonchev–Trinajstić information content (AvgIpc) is 2.48. The third kappa shape index (κ3) is 1.68. The zero-order valence-electron chi connectivity index (χ0n) is 11.8. The van der Waals surface area contributed by atoms with Crippen LogP contribution in [0.3, 0.4) is 0 Å². The van der Waals surface area contributed by atoms with Crippen LogP contribution in [0.15, 0.2) is 12.2 Å². The molecule has 1 fully saturated rings. The van der Waals surface area contributed by atoms with Crippen molar-refractivity contribution >= 4 is 18.0 Å². The normalized spacial score (nSPS) is 38.9. The van der Waals surface area contributed by atoms with Crippen molar-refractivity contribution in [1.29, 1.82) is 0 Å². The first-order valence-electron chi connectivity index (χ1n) is 6.50. The predicted octanol–water partition coefficient (Wildman–Crippen LogP) is 0.294. The van der Waals surface area contributed by atoms with E-state index >= 15 is 0 Å². The summed E-state index contributed by atoms with van der Waals surface area (Å²) in [6.07, 6.45) is 4.03. The van der Waals surface area contributed by atoms with E-state index in [-0.39, 0.29) is 13.0 Å². The minimum absolute atomic E-state index is 0.223. The van der Waals surface area contributed by atoms with E-state index in [9.17, 15) is 14.4 Å². The first kappa shape index (κ1) is 14.9. The second-order valence-corrected chi connectivity index (χ2v) is 4.95. The molecule has 1 saturated carbocycles. The molecular formula is C14H18O6. The SMILES string of the molecule is CCOC(=O)[C@H]1C[C@H]2C=C[C@]1(OC)C(=O)[C@@]2(C=O)OC. The number of aldehydes is 1. The van der Waals surface area contributed by atoms with Crippen molar-refractivity contribution in [2.45, 2.75) is 24.5 Å². The van der Waals surface area contributed by atoms with Gasteiger partial charge in [-0.2, -0.15) is 0 Å². The molecule has 2 bridgehead atoms. The van der Waals surface area contributed by atoms with E-state index in [1.807, 2.05) is 0 Å². The number of ether oxygens (including phenoxy) is 3. The third-order valence-corrected chi connectivity index (χ3v) is 4.27. The molecule has 0 spiro atoms. The molecule has 3 aliphatic rings. The molecule has 110 valence electrons. The van der Waals surface area contributed by atoms with Crippen molar-refractivity contribution in [2.75, 3.05) is 20.8 Å². The summed E-state index contributed by atoms with van der Waals surface area (Å²) in [5, 5.41) is 0. The highest BCUT2D eigenvalue weighted by Crippen LogP contribution is 2.49. The molecule has 3 aliphatic carbocycles. The molecule has 3 rings (SSSR count). The highest BCUT2D eigenvalue weighted by Gasteiger charge is 2.66. The zero-order valence-corrected chi connectivity index (χ0v) is 11.8. The van der Waals surface area contributed by atoms with Crippen molar-refractivity contribution in [3.8, 4) is 0 Å². The summed E-state index contributed by atoms with van der Waals surface area (Å²) in [5.74, 6) is -2.27. The summed E-state index contributed by atoms with van der Waals surface area (Å²) >= 11 is 0. The predicted molar refractivity (Wildman–Crippen MR) is 67.9 cm³/mol. The largest absolute Gasteiger partial charge is 0.466 e. The van der Waals surface area contributed by atoms with Gasteiger partial charge in [0.05, 0.1) is 12.5 Å². The topological polar surface area (TPSA) is 78.9 Å². The number of fused-ring (bicyclic) bond motifs is 2. The van der Waals surface area contributed by atoms with Crippen LogP contribution in [-0.2, 0) is 28.6 Å². The smallest absolute Gasteiger partial charge is 0.312 e. The van der Waals surface area contributed by atoms with Gasteiger partial charge < -0.3 is 14.2 Å². The molecule has 0 N–H and O–H groups in total. The molecule has 6 heteroatoms. The maximum Gasteiger partial charge on any atom is 0.312 e. The van der Waals surface area contributed by atoms with Crippen molar-refractivity contribution < 1.29 is 28.6 Å². The maximum absolute atomic E-state index is 12.7. The quantitative estimate of drug-likeness (QED) is 0.312. The molecule has 0 aromatic rings. The van der Waals surface area contributed by atoms with Gasteiger partial charge in [-0.15, -0.1) is 0 Å². The van der Waals surface area contributed by atoms with Gasteiger partial charge in [0.2, 0.25) is 5.78 Å². The van der Waals surface area contributed by atoms with Crippen molar-refractivity contribution in [2.24, 2.45) is 11.8 Å². The van der Waals surface area contributed by atoms with Gasteiger partial charge >= 0.3 is 5.97 Å². The number of methoxy groups -OCH3 is 2. The molecule has 4 atom stereocenters. The lowest BCUT2D eigenvalue weighted by atomic mass is 9.58. The lowest BCUT2D eigenvalue weighted by Crippen LogP contribution is -2.69. The Morgan fingerprint density at radius 2 is 2.15 bits per heavy atom. The van der Waals surface area contributed by atoms with Gasteiger partial charge in [0.1, 0.15) is 0 Å². The molecule has 20 heavy (non-hydrogen) atoms. The monoisotopic (exact) mass is 282 g/mol.